The third-order valence-corrected chi connectivity index (χ3v) is 6.65. The lowest BCUT2D eigenvalue weighted by atomic mass is 10.2. The van der Waals surface area contributed by atoms with Crippen LogP contribution >= 0.6 is 11.8 Å². The summed E-state index contributed by atoms with van der Waals surface area (Å²) in [6.07, 6.45) is 1.79. The van der Waals surface area contributed by atoms with Crippen LogP contribution in [0.3, 0.4) is 0 Å². The number of hydrogen-bond acceptors (Lipinski definition) is 6. The van der Waals surface area contributed by atoms with Crippen LogP contribution in [0.1, 0.15) is 17.0 Å². The van der Waals surface area contributed by atoms with Crippen molar-refractivity contribution < 1.29 is 23.8 Å². The summed E-state index contributed by atoms with van der Waals surface area (Å²) in [4.78, 5) is 27.1. The lowest BCUT2D eigenvalue weighted by Crippen LogP contribution is -2.32. The fraction of sp³-hybridized carbons (Fsp3) is 0.259. The molecule has 2 heterocycles. The van der Waals surface area contributed by atoms with Gasteiger partial charge < -0.3 is 18.8 Å². The number of nitrogens with zero attached hydrogens (tertiary/aromatic N) is 2. The number of imide groups is 1. The zero-order valence-corrected chi connectivity index (χ0v) is 20.8. The highest BCUT2D eigenvalue weighted by Gasteiger charge is 2.35. The molecule has 1 aliphatic rings. The minimum Gasteiger partial charge on any atom is -0.493 e. The summed E-state index contributed by atoms with van der Waals surface area (Å²) in [6, 6.07) is 19.0. The first-order valence-electron chi connectivity index (χ1n) is 11.3. The van der Waals surface area contributed by atoms with Crippen molar-refractivity contribution in [3.63, 3.8) is 0 Å². The predicted molar refractivity (Wildman–Crippen MR) is 137 cm³/mol. The van der Waals surface area contributed by atoms with Crippen LogP contribution in [0, 0.1) is 13.8 Å². The van der Waals surface area contributed by atoms with E-state index in [-0.39, 0.29) is 24.3 Å². The van der Waals surface area contributed by atoms with E-state index in [1.807, 2.05) is 62.4 Å². The summed E-state index contributed by atoms with van der Waals surface area (Å²) >= 11 is 0.954. The maximum Gasteiger partial charge on any atom is 0.293 e. The summed E-state index contributed by atoms with van der Waals surface area (Å²) in [5, 5.41) is -0.296. The van der Waals surface area contributed by atoms with Crippen molar-refractivity contribution in [2.24, 2.45) is 0 Å². The number of ether oxygens (including phenoxy) is 3. The third kappa shape index (κ3) is 5.71. The topological polar surface area (TPSA) is 70.0 Å². The standard InChI is InChI=1S/C27H28N2O5S/c1-19-17-21(20(2)28(19)13-15-33-22-9-5-4-6-10-22)18-25-26(30)29(27(31)35-25)14-16-34-24-12-8-7-11-23(24)32-3/h4-12,17-18H,13-16H2,1-3H3/b25-18-. The van der Waals surface area contributed by atoms with Crippen LogP contribution in [0.4, 0.5) is 4.79 Å². The first-order chi connectivity index (χ1) is 17.0. The van der Waals surface area contributed by atoms with E-state index in [9.17, 15) is 9.59 Å². The Morgan fingerprint density at radius 1 is 0.886 bits per heavy atom. The molecule has 4 rings (SSSR count). The van der Waals surface area contributed by atoms with E-state index < -0.39 is 0 Å². The van der Waals surface area contributed by atoms with Gasteiger partial charge in [0.15, 0.2) is 11.5 Å². The smallest absolute Gasteiger partial charge is 0.293 e. The van der Waals surface area contributed by atoms with Crippen molar-refractivity contribution in [1.29, 1.82) is 0 Å². The highest BCUT2D eigenvalue weighted by molar-refractivity contribution is 8.18. The van der Waals surface area contributed by atoms with Gasteiger partial charge in [-0.05, 0) is 67.6 Å². The second kappa shape index (κ2) is 11.2. The molecule has 7 nitrogen and oxygen atoms in total. The molecule has 2 amide bonds. The summed E-state index contributed by atoms with van der Waals surface area (Å²) in [7, 11) is 1.57. The van der Waals surface area contributed by atoms with Gasteiger partial charge in [0.2, 0.25) is 0 Å². The van der Waals surface area contributed by atoms with Crippen LogP contribution in [0.5, 0.6) is 17.2 Å². The molecule has 1 fully saturated rings. The molecule has 0 saturated carbocycles. The molecule has 2 aromatic carbocycles. The number of aromatic nitrogens is 1. The Kier molecular flexibility index (Phi) is 7.82. The van der Waals surface area contributed by atoms with E-state index in [2.05, 4.69) is 4.57 Å². The first-order valence-corrected chi connectivity index (χ1v) is 12.2. The Morgan fingerprint density at radius 2 is 1.57 bits per heavy atom. The molecule has 3 aromatic rings. The molecule has 0 atom stereocenters. The quantitative estimate of drug-likeness (QED) is 0.358. The summed E-state index contributed by atoms with van der Waals surface area (Å²) in [5.41, 5.74) is 3.00. The van der Waals surface area contributed by atoms with Crippen LogP contribution in [0.2, 0.25) is 0 Å². The van der Waals surface area contributed by atoms with Crippen molar-refractivity contribution in [3.05, 3.63) is 82.5 Å². The molecule has 182 valence electrons. The molecule has 0 bridgehead atoms. The van der Waals surface area contributed by atoms with Gasteiger partial charge in [0.1, 0.15) is 19.0 Å². The predicted octanol–water partition coefficient (Wildman–Crippen LogP) is 5.31. The van der Waals surface area contributed by atoms with Gasteiger partial charge in [-0.1, -0.05) is 30.3 Å². The van der Waals surface area contributed by atoms with Gasteiger partial charge in [-0.15, -0.1) is 0 Å². The Balaban J connectivity index is 1.38. The minimum atomic E-state index is -0.305. The summed E-state index contributed by atoms with van der Waals surface area (Å²) in [5.74, 6) is 1.70. The van der Waals surface area contributed by atoms with E-state index in [1.165, 1.54) is 4.90 Å². The maximum absolute atomic E-state index is 12.9. The van der Waals surface area contributed by atoms with Gasteiger partial charge >= 0.3 is 0 Å². The first kappa shape index (κ1) is 24.5. The van der Waals surface area contributed by atoms with Gasteiger partial charge in [0.25, 0.3) is 11.1 Å². The molecule has 0 N–H and O–H groups in total. The molecule has 1 aliphatic heterocycles. The number of carbonyl (C=O) groups excluding carboxylic acids is 2. The number of para-hydroxylation sites is 3. The zero-order chi connectivity index (χ0) is 24.8. The molecular weight excluding hydrogens is 464 g/mol. The number of hydrogen-bond donors (Lipinski definition) is 0. The van der Waals surface area contributed by atoms with Gasteiger partial charge in [0.05, 0.1) is 25.1 Å². The van der Waals surface area contributed by atoms with E-state index in [4.69, 9.17) is 14.2 Å². The van der Waals surface area contributed by atoms with Crippen LogP contribution in [0.15, 0.2) is 65.6 Å². The molecular formula is C27H28N2O5S. The number of methoxy groups -OCH3 is 1. The van der Waals surface area contributed by atoms with Crippen molar-refractivity contribution in [1.82, 2.24) is 9.47 Å². The molecule has 35 heavy (non-hydrogen) atoms. The molecule has 0 unspecified atom stereocenters. The lowest BCUT2D eigenvalue weighted by molar-refractivity contribution is -0.123. The zero-order valence-electron chi connectivity index (χ0n) is 20.0. The largest absolute Gasteiger partial charge is 0.493 e. The van der Waals surface area contributed by atoms with E-state index in [1.54, 1.807) is 25.3 Å². The fourth-order valence-electron chi connectivity index (χ4n) is 3.91. The van der Waals surface area contributed by atoms with Crippen LogP contribution < -0.4 is 14.2 Å². The molecule has 0 aliphatic carbocycles. The fourth-order valence-corrected chi connectivity index (χ4v) is 4.76. The third-order valence-electron chi connectivity index (χ3n) is 5.74. The van der Waals surface area contributed by atoms with E-state index in [0.717, 1.165) is 34.5 Å². The van der Waals surface area contributed by atoms with Crippen LogP contribution in [-0.2, 0) is 11.3 Å². The SMILES string of the molecule is COc1ccccc1OCCN1C(=O)S/C(=C\c2cc(C)n(CCOc3ccccc3)c2C)C1=O. The van der Waals surface area contributed by atoms with Crippen LogP contribution in [-0.4, -0.2) is 47.5 Å². The highest BCUT2D eigenvalue weighted by Crippen LogP contribution is 2.33. The Bertz CT molecular complexity index is 1240. The van der Waals surface area contributed by atoms with E-state index in [0.29, 0.717) is 29.6 Å². The van der Waals surface area contributed by atoms with Gasteiger partial charge in [-0.3, -0.25) is 14.5 Å². The van der Waals surface area contributed by atoms with E-state index >= 15 is 0 Å². The highest BCUT2D eigenvalue weighted by atomic mass is 32.2. The van der Waals surface area contributed by atoms with Crippen LogP contribution in [0.25, 0.3) is 6.08 Å². The summed E-state index contributed by atoms with van der Waals surface area (Å²) in [6.45, 7) is 5.59. The number of rotatable bonds is 10. The number of amides is 2. The minimum absolute atomic E-state index is 0.163. The van der Waals surface area contributed by atoms with Gasteiger partial charge in [-0.2, -0.15) is 0 Å². The number of aryl methyl sites for hydroxylation is 1. The Hall–Kier alpha value is -3.65. The monoisotopic (exact) mass is 492 g/mol. The average Bonchev–Trinajstić information content (AvgIpc) is 3.29. The Morgan fingerprint density at radius 3 is 2.31 bits per heavy atom. The maximum atomic E-state index is 12.9. The number of carbonyl (C=O) groups is 2. The van der Waals surface area contributed by atoms with Crippen molar-refractivity contribution >= 4 is 29.0 Å². The molecule has 1 aromatic heterocycles. The molecule has 0 radical (unpaired) electrons. The number of benzene rings is 2. The van der Waals surface area contributed by atoms with Gasteiger partial charge in [0, 0.05) is 11.4 Å². The van der Waals surface area contributed by atoms with Crippen molar-refractivity contribution in [2.45, 2.75) is 20.4 Å². The second-order valence-electron chi connectivity index (χ2n) is 7.97. The average molecular weight is 493 g/mol. The van der Waals surface area contributed by atoms with Crippen molar-refractivity contribution in [3.8, 4) is 17.2 Å². The lowest BCUT2D eigenvalue weighted by Gasteiger charge is -2.14. The Labute approximate surface area is 209 Å². The molecule has 0 spiro atoms. The van der Waals surface area contributed by atoms with Gasteiger partial charge in [-0.25, -0.2) is 0 Å². The molecule has 1 saturated heterocycles. The number of thioether (sulfide) groups is 1. The summed E-state index contributed by atoms with van der Waals surface area (Å²) < 4.78 is 19.0. The van der Waals surface area contributed by atoms with Crippen molar-refractivity contribution in [2.75, 3.05) is 26.9 Å². The second-order valence-corrected chi connectivity index (χ2v) is 8.97. The molecule has 8 heteroatoms. The normalized spacial score (nSPS) is 14.6.